The normalized spacial score (nSPS) is 16.8. The molecule has 0 atom stereocenters. The fourth-order valence-corrected chi connectivity index (χ4v) is 4.48. The van der Waals surface area contributed by atoms with Gasteiger partial charge in [0.25, 0.3) is 0 Å². The fraction of sp³-hybridized carbons (Fsp3) is 0.688. The summed E-state index contributed by atoms with van der Waals surface area (Å²) >= 11 is 1.16. The monoisotopic (exact) mass is 388 g/mol. The molecule has 1 saturated carbocycles. The van der Waals surface area contributed by atoms with E-state index in [4.69, 9.17) is 9.88 Å². The zero-order chi connectivity index (χ0) is 18.1. The van der Waals surface area contributed by atoms with Gasteiger partial charge in [0, 0.05) is 25.1 Å². The van der Waals surface area contributed by atoms with Crippen LogP contribution in [0.1, 0.15) is 43.4 Å². The zero-order valence-electron chi connectivity index (χ0n) is 14.7. The lowest BCUT2D eigenvalue weighted by Gasteiger charge is -2.22. The van der Waals surface area contributed by atoms with Crippen LogP contribution in [-0.4, -0.2) is 40.7 Å². The molecule has 0 unspecified atom stereocenters. The first-order chi connectivity index (χ1) is 12.0. The molecular formula is C16H28N4O3S2. The molecule has 0 saturated heterocycles. The minimum absolute atomic E-state index is 0.173. The van der Waals surface area contributed by atoms with Crippen molar-refractivity contribution < 1.29 is 13.2 Å². The maximum absolute atomic E-state index is 11.3. The molecule has 1 aliphatic carbocycles. The second-order valence-electron chi connectivity index (χ2n) is 6.10. The number of aliphatic imine (C=N–C) groups is 1. The van der Waals surface area contributed by atoms with Crippen LogP contribution < -0.4 is 15.8 Å². The molecule has 0 aliphatic heterocycles. The summed E-state index contributed by atoms with van der Waals surface area (Å²) in [5.74, 6) is 0.684. The minimum atomic E-state index is -3.63. The lowest BCUT2D eigenvalue weighted by atomic mass is 9.98. The first kappa shape index (κ1) is 20.2. The van der Waals surface area contributed by atoms with Crippen molar-refractivity contribution in [3.8, 4) is 0 Å². The molecule has 1 aromatic heterocycles. The summed E-state index contributed by atoms with van der Waals surface area (Å²) in [5, 5.41) is 11.5. The predicted octanol–water partition coefficient (Wildman–Crippen LogP) is 1.80. The second kappa shape index (κ2) is 10.1. The first-order valence-electron chi connectivity index (χ1n) is 8.66. The Morgan fingerprint density at radius 3 is 2.72 bits per heavy atom. The summed E-state index contributed by atoms with van der Waals surface area (Å²) in [4.78, 5) is 5.04. The minimum Gasteiger partial charge on any atom is -0.378 e. The first-order valence-corrected chi connectivity index (χ1v) is 11.0. The number of thiophene rings is 1. The van der Waals surface area contributed by atoms with Crippen LogP contribution in [0.4, 0.5) is 0 Å². The van der Waals surface area contributed by atoms with E-state index < -0.39 is 10.0 Å². The Morgan fingerprint density at radius 1 is 1.32 bits per heavy atom. The molecule has 0 spiro atoms. The van der Waals surface area contributed by atoms with E-state index >= 15 is 0 Å². The summed E-state index contributed by atoms with van der Waals surface area (Å²) in [6.45, 7) is 2.04. The van der Waals surface area contributed by atoms with Crippen molar-refractivity contribution in [1.82, 2.24) is 10.6 Å². The highest BCUT2D eigenvalue weighted by Crippen LogP contribution is 2.20. The Balaban J connectivity index is 1.62. The predicted molar refractivity (Wildman–Crippen MR) is 101 cm³/mol. The van der Waals surface area contributed by atoms with Gasteiger partial charge in [0.15, 0.2) is 5.96 Å². The van der Waals surface area contributed by atoms with Gasteiger partial charge in [-0.3, -0.25) is 4.99 Å². The molecule has 1 aliphatic rings. The summed E-state index contributed by atoms with van der Waals surface area (Å²) in [6, 6.07) is 3.28. The fourth-order valence-electron chi connectivity index (χ4n) is 2.76. The van der Waals surface area contributed by atoms with Crippen LogP contribution in [0.15, 0.2) is 21.3 Å². The van der Waals surface area contributed by atoms with E-state index in [2.05, 4.69) is 15.6 Å². The third-order valence-electron chi connectivity index (χ3n) is 4.09. The lowest BCUT2D eigenvalue weighted by Crippen LogP contribution is -2.37. The molecule has 0 bridgehead atoms. The summed E-state index contributed by atoms with van der Waals surface area (Å²) in [5.41, 5.74) is 0. The molecule has 142 valence electrons. The Labute approximate surface area is 154 Å². The van der Waals surface area contributed by atoms with Crippen molar-refractivity contribution in [2.24, 2.45) is 10.1 Å². The third kappa shape index (κ3) is 7.31. The van der Waals surface area contributed by atoms with E-state index in [1.807, 2.05) is 0 Å². The molecule has 0 aromatic carbocycles. The number of sulfonamides is 1. The van der Waals surface area contributed by atoms with Crippen molar-refractivity contribution in [3.63, 3.8) is 0 Å². The highest BCUT2D eigenvalue weighted by Gasteiger charge is 2.13. The van der Waals surface area contributed by atoms with Gasteiger partial charge in [-0.15, -0.1) is 11.3 Å². The molecule has 7 nitrogen and oxygen atoms in total. The van der Waals surface area contributed by atoms with Crippen LogP contribution in [0, 0.1) is 0 Å². The quantitative estimate of drug-likeness (QED) is 0.358. The smallest absolute Gasteiger partial charge is 0.247 e. The van der Waals surface area contributed by atoms with E-state index in [9.17, 15) is 8.42 Å². The highest BCUT2D eigenvalue weighted by atomic mass is 32.2. The molecule has 1 fully saturated rings. The van der Waals surface area contributed by atoms with Crippen molar-refractivity contribution in [2.45, 2.75) is 55.4 Å². The molecular weight excluding hydrogens is 360 g/mol. The molecule has 1 heterocycles. The van der Waals surface area contributed by atoms with Crippen molar-refractivity contribution in [2.75, 3.05) is 20.2 Å². The zero-order valence-corrected chi connectivity index (χ0v) is 16.3. The number of rotatable bonds is 8. The second-order valence-corrected chi connectivity index (χ2v) is 9.06. The van der Waals surface area contributed by atoms with E-state index in [0.717, 1.165) is 35.8 Å². The maximum Gasteiger partial charge on any atom is 0.247 e. The Hall–Kier alpha value is -1.16. The van der Waals surface area contributed by atoms with Gasteiger partial charge in [0.2, 0.25) is 10.0 Å². The standard InChI is InChI=1S/C16H28N4O3S2/c1-18-16(19-10-5-11-23-13-6-3-2-4-7-13)20-12-14-8-9-15(24-14)25(17,21)22/h8-9,13H,2-7,10-12H2,1H3,(H2,17,21,22)(H2,18,19,20). The van der Waals surface area contributed by atoms with Gasteiger partial charge >= 0.3 is 0 Å². The molecule has 0 radical (unpaired) electrons. The SMILES string of the molecule is CN=C(NCCCOC1CCCCC1)NCc1ccc(S(N)(=O)=O)s1. The van der Waals surface area contributed by atoms with E-state index in [0.29, 0.717) is 18.6 Å². The maximum atomic E-state index is 11.3. The number of nitrogens with zero attached hydrogens (tertiary/aromatic N) is 1. The van der Waals surface area contributed by atoms with E-state index in [-0.39, 0.29) is 4.21 Å². The van der Waals surface area contributed by atoms with Crippen LogP contribution in [0.3, 0.4) is 0 Å². The molecule has 9 heteroatoms. The highest BCUT2D eigenvalue weighted by molar-refractivity contribution is 7.91. The van der Waals surface area contributed by atoms with Crippen molar-refractivity contribution >= 4 is 27.3 Å². The topological polar surface area (TPSA) is 106 Å². The van der Waals surface area contributed by atoms with Crippen LogP contribution >= 0.6 is 11.3 Å². The number of hydrogen-bond donors (Lipinski definition) is 3. The molecule has 2 rings (SSSR count). The Bertz CT molecular complexity index is 652. The van der Waals surface area contributed by atoms with Crippen molar-refractivity contribution in [3.05, 3.63) is 17.0 Å². The average Bonchev–Trinajstić information content (AvgIpc) is 3.07. The largest absolute Gasteiger partial charge is 0.378 e. The van der Waals surface area contributed by atoms with Crippen LogP contribution in [-0.2, 0) is 21.3 Å². The lowest BCUT2D eigenvalue weighted by molar-refractivity contribution is 0.0277. The number of hydrogen-bond acceptors (Lipinski definition) is 5. The van der Waals surface area contributed by atoms with E-state index in [1.165, 1.54) is 38.2 Å². The van der Waals surface area contributed by atoms with Crippen LogP contribution in [0.25, 0.3) is 0 Å². The number of primary sulfonamides is 1. The van der Waals surface area contributed by atoms with Crippen LogP contribution in [0.5, 0.6) is 0 Å². The number of guanidine groups is 1. The number of nitrogens with one attached hydrogen (secondary N) is 2. The van der Waals surface area contributed by atoms with Gasteiger partial charge < -0.3 is 15.4 Å². The Kier molecular flexibility index (Phi) is 8.14. The summed E-state index contributed by atoms with van der Waals surface area (Å²) < 4.78 is 28.6. The summed E-state index contributed by atoms with van der Waals surface area (Å²) in [7, 11) is -1.92. The molecule has 0 amide bonds. The van der Waals surface area contributed by atoms with Crippen molar-refractivity contribution in [1.29, 1.82) is 0 Å². The number of ether oxygens (including phenoxy) is 1. The number of nitrogens with two attached hydrogens (primary N) is 1. The average molecular weight is 389 g/mol. The van der Waals surface area contributed by atoms with E-state index in [1.54, 1.807) is 13.1 Å². The molecule has 1 aromatic rings. The Morgan fingerprint density at radius 2 is 2.08 bits per heavy atom. The molecule has 25 heavy (non-hydrogen) atoms. The van der Waals surface area contributed by atoms with Gasteiger partial charge in [0.05, 0.1) is 12.6 Å². The van der Waals surface area contributed by atoms with Crippen LogP contribution in [0.2, 0.25) is 0 Å². The molecule has 4 N–H and O–H groups in total. The van der Waals surface area contributed by atoms with Gasteiger partial charge in [-0.1, -0.05) is 19.3 Å². The van der Waals surface area contributed by atoms with Gasteiger partial charge in [0.1, 0.15) is 4.21 Å². The third-order valence-corrected chi connectivity index (χ3v) is 6.61. The van der Waals surface area contributed by atoms with Gasteiger partial charge in [-0.2, -0.15) is 0 Å². The van der Waals surface area contributed by atoms with Gasteiger partial charge in [-0.25, -0.2) is 13.6 Å². The summed E-state index contributed by atoms with van der Waals surface area (Å²) in [6.07, 6.45) is 7.66. The van der Waals surface area contributed by atoms with Gasteiger partial charge in [-0.05, 0) is 31.4 Å².